The molecule has 1 amide bonds. The van der Waals surface area contributed by atoms with Crippen molar-refractivity contribution in [2.24, 2.45) is 0 Å². The van der Waals surface area contributed by atoms with E-state index in [2.05, 4.69) is 10.3 Å². The number of ketones is 1. The number of benzene rings is 1. The second-order valence-corrected chi connectivity index (χ2v) is 9.86. The lowest BCUT2D eigenvalue weighted by atomic mass is 9.92. The van der Waals surface area contributed by atoms with Gasteiger partial charge < -0.3 is 25.4 Å². The molecule has 2 fully saturated rings. The normalized spacial score (nSPS) is 22.7. The van der Waals surface area contributed by atoms with Gasteiger partial charge in [0.05, 0.1) is 23.2 Å². The molecule has 3 atom stereocenters. The molecule has 3 aliphatic rings. The van der Waals surface area contributed by atoms with Crippen molar-refractivity contribution in [3.8, 4) is 0 Å². The molecule has 1 aromatic heterocycles. The fourth-order valence-corrected chi connectivity index (χ4v) is 5.32. The van der Waals surface area contributed by atoms with Crippen LogP contribution in [0.2, 0.25) is 5.02 Å². The maximum Gasteiger partial charge on any atom is 0.329 e. The molecule has 2 saturated heterocycles. The Morgan fingerprint density at radius 1 is 1.21 bits per heavy atom. The average Bonchev–Trinajstić information content (AvgIpc) is 3.56. The van der Waals surface area contributed by atoms with Crippen molar-refractivity contribution in [3.05, 3.63) is 58.3 Å². The van der Waals surface area contributed by atoms with Crippen molar-refractivity contribution in [2.75, 3.05) is 30.9 Å². The van der Waals surface area contributed by atoms with Crippen molar-refractivity contribution in [1.29, 1.82) is 0 Å². The number of esters is 1. The number of hydrogen-bond donors (Lipinski definition) is 2. The Labute approximate surface area is 221 Å². The molecule has 4 heterocycles. The van der Waals surface area contributed by atoms with Crippen LogP contribution < -0.4 is 11.1 Å². The zero-order valence-corrected chi connectivity index (χ0v) is 21.0. The van der Waals surface area contributed by atoms with Crippen molar-refractivity contribution in [2.45, 2.75) is 43.8 Å². The van der Waals surface area contributed by atoms with Crippen molar-refractivity contribution >= 4 is 46.3 Å². The van der Waals surface area contributed by atoms with Crippen LogP contribution in [0.5, 0.6) is 0 Å². The summed E-state index contributed by atoms with van der Waals surface area (Å²) >= 11 is 5.90. The van der Waals surface area contributed by atoms with E-state index in [-0.39, 0.29) is 46.2 Å². The number of ether oxygens (including phenoxy) is 2. The number of nitrogens with two attached hydrogens (primary N) is 1. The molecule has 0 radical (unpaired) electrons. The molecule has 38 heavy (non-hydrogen) atoms. The molecular weight excluding hydrogens is 522 g/mol. The van der Waals surface area contributed by atoms with Crippen LogP contribution in [-0.4, -0.2) is 65.5 Å². The van der Waals surface area contributed by atoms with Gasteiger partial charge in [-0.1, -0.05) is 11.6 Å². The first-order valence-corrected chi connectivity index (χ1v) is 12.6. The first kappa shape index (κ1) is 26.1. The number of amides is 1. The number of anilines is 2. The Kier molecular flexibility index (Phi) is 7.31. The van der Waals surface area contributed by atoms with Gasteiger partial charge in [-0.2, -0.15) is 0 Å². The van der Waals surface area contributed by atoms with Gasteiger partial charge in [-0.15, -0.1) is 0 Å². The monoisotopic (exact) mass is 546 g/mol. The number of nitrogen functional groups attached to an aromatic ring is 1. The second-order valence-electron chi connectivity index (χ2n) is 9.45. The fourth-order valence-electron chi connectivity index (χ4n) is 5.16. The van der Waals surface area contributed by atoms with E-state index in [1.165, 1.54) is 35.4 Å². The summed E-state index contributed by atoms with van der Waals surface area (Å²) in [5.74, 6) is -3.61. The predicted octanol–water partition coefficient (Wildman–Crippen LogP) is 3.37. The van der Waals surface area contributed by atoms with Gasteiger partial charge >= 0.3 is 5.97 Å². The molecule has 3 aliphatic heterocycles. The molecule has 0 unspecified atom stereocenters. The van der Waals surface area contributed by atoms with Crippen LogP contribution in [0.3, 0.4) is 0 Å². The summed E-state index contributed by atoms with van der Waals surface area (Å²) in [4.78, 5) is 43.8. The molecule has 0 saturated carbocycles. The van der Waals surface area contributed by atoms with E-state index < -0.39 is 41.9 Å². The molecule has 200 valence electrons. The molecule has 0 bridgehead atoms. The Morgan fingerprint density at radius 3 is 2.79 bits per heavy atom. The number of Topliss-reactive ketones (excluding diaryl/α,β-unsaturated/α-hetero) is 1. The molecule has 3 N–H and O–H groups in total. The standard InChI is InChI=1S/C26H25ClF2N4O5/c27-17-2-3-18(30)22(24(17)29)13-9-15-1-4-19(33(15)21(35)10-13)26(36)38-12-20(34)16-5-7-31-25(23(16)28)32-14-6-8-37-11-14/h2-3,5,7,10,14-15,19H,1,4,6,8-9,11-12,30H2,(H,31,32)/t14-,15+,19-/m0/s1. The number of halogens is 3. The number of rotatable bonds is 7. The van der Waals surface area contributed by atoms with E-state index in [1.54, 1.807) is 0 Å². The van der Waals surface area contributed by atoms with Gasteiger partial charge in [0.15, 0.2) is 24.1 Å². The molecule has 12 heteroatoms. The minimum absolute atomic E-state index is 0.0745. The van der Waals surface area contributed by atoms with E-state index in [9.17, 15) is 23.2 Å². The van der Waals surface area contributed by atoms with E-state index >= 15 is 0 Å². The van der Waals surface area contributed by atoms with E-state index in [1.807, 2.05) is 0 Å². The highest BCUT2D eigenvalue weighted by Crippen LogP contribution is 2.40. The van der Waals surface area contributed by atoms with Gasteiger partial charge in [-0.25, -0.2) is 18.6 Å². The maximum atomic E-state index is 14.9. The van der Waals surface area contributed by atoms with Crippen LogP contribution in [0.25, 0.3) is 5.57 Å². The smallest absolute Gasteiger partial charge is 0.329 e. The lowest BCUT2D eigenvalue weighted by Gasteiger charge is -2.33. The summed E-state index contributed by atoms with van der Waals surface area (Å²) in [6.45, 7) is 0.269. The number of carbonyl (C=O) groups excluding carboxylic acids is 3. The SMILES string of the molecule is Nc1ccc(Cl)c(F)c1C1=CC(=O)N2[C@H](CC[C@H]2C(=O)OCC(=O)c2ccnc(N[C@H]3CCOC3)c2F)C1. The third-order valence-electron chi connectivity index (χ3n) is 7.04. The quantitative estimate of drug-likeness (QED) is 0.308. The minimum Gasteiger partial charge on any atom is -0.456 e. The van der Waals surface area contributed by atoms with Crippen molar-refractivity contribution in [1.82, 2.24) is 9.88 Å². The predicted molar refractivity (Wildman–Crippen MR) is 134 cm³/mol. The highest BCUT2D eigenvalue weighted by molar-refractivity contribution is 6.31. The maximum absolute atomic E-state index is 14.9. The molecule has 1 aromatic carbocycles. The zero-order valence-electron chi connectivity index (χ0n) is 20.2. The molecule has 2 aromatic rings. The van der Waals surface area contributed by atoms with Crippen LogP contribution in [0.1, 0.15) is 41.6 Å². The number of pyridine rings is 1. The van der Waals surface area contributed by atoms with Gasteiger partial charge in [-0.3, -0.25) is 9.59 Å². The van der Waals surface area contributed by atoms with Crippen molar-refractivity contribution < 1.29 is 32.6 Å². The van der Waals surface area contributed by atoms with Crippen LogP contribution in [0, 0.1) is 11.6 Å². The fraction of sp³-hybridized carbons (Fsp3) is 0.385. The second kappa shape index (κ2) is 10.7. The molecular formula is C26H25ClF2N4O5. The van der Waals surface area contributed by atoms with Crippen LogP contribution in [0.4, 0.5) is 20.3 Å². The number of aromatic nitrogens is 1. The number of hydrogen-bond acceptors (Lipinski definition) is 8. The topological polar surface area (TPSA) is 124 Å². The third kappa shape index (κ3) is 4.95. The lowest BCUT2D eigenvalue weighted by Crippen LogP contribution is -2.47. The Hall–Kier alpha value is -3.57. The van der Waals surface area contributed by atoms with Crippen LogP contribution in [-0.2, 0) is 19.1 Å². The Morgan fingerprint density at radius 2 is 2.03 bits per heavy atom. The van der Waals surface area contributed by atoms with Crippen LogP contribution in [0.15, 0.2) is 30.5 Å². The number of carbonyl (C=O) groups is 3. The lowest BCUT2D eigenvalue weighted by molar-refractivity contribution is -0.152. The first-order chi connectivity index (χ1) is 18.2. The third-order valence-corrected chi connectivity index (χ3v) is 7.33. The van der Waals surface area contributed by atoms with E-state index in [0.29, 0.717) is 38.0 Å². The van der Waals surface area contributed by atoms with Crippen LogP contribution >= 0.6 is 11.6 Å². The average molecular weight is 547 g/mol. The highest BCUT2D eigenvalue weighted by atomic mass is 35.5. The van der Waals surface area contributed by atoms with Crippen molar-refractivity contribution in [3.63, 3.8) is 0 Å². The van der Waals surface area contributed by atoms with Gasteiger partial charge in [0.1, 0.15) is 6.04 Å². The number of fused-ring (bicyclic) bond motifs is 1. The summed E-state index contributed by atoms with van der Waals surface area (Å²) in [6, 6.07) is 2.63. The molecule has 0 aliphatic carbocycles. The first-order valence-electron chi connectivity index (χ1n) is 12.2. The summed E-state index contributed by atoms with van der Waals surface area (Å²) in [6.07, 6.45) is 4.28. The van der Waals surface area contributed by atoms with E-state index in [0.717, 1.165) is 0 Å². The largest absolute Gasteiger partial charge is 0.456 e. The Balaban J connectivity index is 1.24. The van der Waals surface area contributed by atoms with Gasteiger partial charge in [-0.05, 0) is 49.5 Å². The summed E-state index contributed by atoms with van der Waals surface area (Å²) < 4.78 is 40.0. The summed E-state index contributed by atoms with van der Waals surface area (Å²) in [5.41, 5.74) is 6.32. The van der Waals surface area contributed by atoms with E-state index in [4.69, 9.17) is 26.8 Å². The summed E-state index contributed by atoms with van der Waals surface area (Å²) in [7, 11) is 0. The number of nitrogens with zero attached hydrogens (tertiary/aromatic N) is 2. The molecule has 0 spiro atoms. The Bertz CT molecular complexity index is 1330. The zero-order chi connectivity index (χ0) is 27.0. The molecule has 5 rings (SSSR count). The number of nitrogens with one attached hydrogen (secondary N) is 1. The van der Waals surface area contributed by atoms with Gasteiger partial charge in [0.25, 0.3) is 0 Å². The summed E-state index contributed by atoms with van der Waals surface area (Å²) in [5, 5.41) is 2.81. The molecule has 9 nitrogen and oxygen atoms in total. The highest BCUT2D eigenvalue weighted by Gasteiger charge is 2.44. The van der Waals surface area contributed by atoms with Gasteiger partial charge in [0, 0.05) is 36.2 Å². The minimum atomic E-state index is -0.915. The van der Waals surface area contributed by atoms with Gasteiger partial charge in [0.2, 0.25) is 11.7 Å².